The minimum Gasteiger partial charge on any atom is -0.456 e. The largest absolute Gasteiger partial charge is 0.456 e. The first-order valence-corrected chi connectivity index (χ1v) is 21.9. The van der Waals surface area contributed by atoms with Gasteiger partial charge in [-0.15, -0.1) is 0 Å². The van der Waals surface area contributed by atoms with Gasteiger partial charge in [-0.3, -0.25) is 0 Å². The normalized spacial score (nSPS) is 11.4. The summed E-state index contributed by atoms with van der Waals surface area (Å²) in [5.41, 5.74) is 14.7. The lowest BCUT2D eigenvalue weighted by molar-refractivity contribution is 0.669. The third-order valence-corrected chi connectivity index (χ3v) is 12.2. The standard InChI is InChI=1S/C60H41N3O2/c1-6-18-42(19-7-1)43-30-32-48(33-31-43)61(44-20-8-2-9-21-44)49-35-37-57-54(38-49)60-55(63(46-24-12-4-13-25-46)47-26-14-5-15-27-47)39-51(41-59(60)65-57)62(45-22-10-3-11-23-45)50-34-36-53-52-28-16-17-29-56(52)64-58(53)40-50/h1-41H. The lowest BCUT2D eigenvalue weighted by Crippen LogP contribution is -2.13. The Kier molecular flexibility index (Phi) is 9.42. The fraction of sp³-hybridized carbons (Fsp3) is 0. The molecule has 2 aromatic heterocycles. The van der Waals surface area contributed by atoms with E-state index in [1.807, 2.05) is 12.1 Å². The van der Waals surface area contributed by atoms with Gasteiger partial charge < -0.3 is 23.5 Å². The Morgan fingerprint density at radius 2 is 0.646 bits per heavy atom. The van der Waals surface area contributed by atoms with Crippen LogP contribution in [0.3, 0.4) is 0 Å². The molecule has 10 aromatic carbocycles. The van der Waals surface area contributed by atoms with Crippen LogP contribution in [0.15, 0.2) is 258 Å². The van der Waals surface area contributed by atoms with Crippen LogP contribution in [0.2, 0.25) is 0 Å². The van der Waals surface area contributed by atoms with E-state index < -0.39 is 0 Å². The molecule has 2 heterocycles. The van der Waals surface area contributed by atoms with Gasteiger partial charge in [-0.2, -0.15) is 0 Å². The molecule has 5 nitrogen and oxygen atoms in total. The summed E-state index contributed by atoms with van der Waals surface area (Å²) in [5.74, 6) is 0. The molecular weight excluding hydrogens is 795 g/mol. The lowest BCUT2D eigenvalue weighted by atomic mass is 10.0. The van der Waals surface area contributed by atoms with Crippen molar-refractivity contribution in [3.8, 4) is 11.1 Å². The van der Waals surface area contributed by atoms with Crippen LogP contribution in [0.5, 0.6) is 0 Å². The van der Waals surface area contributed by atoms with E-state index in [1.54, 1.807) is 0 Å². The molecule has 0 aliphatic rings. The van der Waals surface area contributed by atoms with Gasteiger partial charge in [0.2, 0.25) is 0 Å². The molecule has 12 aromatic rings. The molecule has 0 spiro atoms. The van der Waals surface area contributed by atoms with Crippen molar-refractivity contribution in [1.29, 1.82) is 0 Å². The average molecular weight is 836 g/mol. The molecule has 12 rings (SSSR count). The summed E-state index contributed by atoms with van der Waals surface area (Å²) in [6.07, 6.45) is 0. The van der Waals surface area contributed by atoms with Gasteiger partial charge in [0.15, 0.2) is 0 Å². The van der Waals surface area contributed by atoms with Crippen LogP contribution in [0.25, 0.3) is 55.0 Å². The molecule has 0 bridgehead atoms. The Morgan fingerprint density at radius 1 is 0.231 bits per heavy atom. The molecule has 308 valence electrons. The number of furan rings is 2. The predicted octanol–water partition coefficient (Wildman–Crippen LogP) is 17.6. The Bertz CT molecular complexity index is 3550. The zero-order valence-electron chi connectivity index (χ0n) is 35.3. The van der Waals surface area contributed by atoms with Crippen LogP contribution in [0, 0.1) is 0 Å². The number of anilines is 9. The molecule has 0 aliphatic carbocycles. The highest BCUT2D eigenvalue weighted by Crippen LogP contribution is 2.49. The van der Waals surface area contributed by atoms with Crippen molar-refractivity contribution >= 4 is 95.1 Å². The second kappa shape index (κ2) is 16.2. The Balaban J connectivity index is 1.10. The van der Waals surface area contributed by atoms with Crippen molar-refractivity contribution in [3.63, 3.8) is 0 Å². The molecule has 0 N–H and O–H groups in total. The molecule has 0 radical (unpaired) electrons. The van der Waals surface area contributed by atoms with Gasteiger partial charge in [-0.1, -0.05) is 133 Å². The van der Waals surface area contributed by atoms with Gasteiger partial charge in [0.1, 0.15) is 22.3 Å². The van der Waals surface area contributed by atoms with Crippen LogP contribution in [-0.4, -0.2) is 0 Å². The van der Waals surface area contributed by atoms with Gasteiger partial charge in [0.25, 0.3) is 0 Å². The second-order valence-corrected chi connectivity index (χ2v) is 16.2. The topological polar surface area (TPSA) is 36.0 Å². The first-order chi connectivity index (χ1) is 32.2. The quantitative estimate of drug-likeness (QED) is 0.137. The van der Waals surface area contributed by atoms with E-state index in [-0.39, 0.29) is 0 Å². The van der Waals surface area contributed by atoms with Crippen molar-refractivity contribution in [2.75, 3.05) is 14.7 Å². The van der Waals surface area contributed by atoms with Crippen LogP contribution < -0.4 is 14.7 Å². The Hall–Kier alpha value is -8.80. The predicted molar refractivity (Wildman–Crippen MR) is 270 cm³/mol. The van der Waals surface area contributed by atoms with Crippen LogP contribution in [0.1, 0.15) is 0 Å². The number of para-hydroxylation sites is 5. The summed E-state index contributed by atoms with van der Waals surface area (Å²) in [6.45, 7) is 0. The van der Waals surface area contributed by atoms with Crippen molar-refractivity contribution in [3.05, 3.63) is 249 Å². The number of nitrogens with zero attached hydrogens (tertiary/aromatic N) is 3. The zero-order valence-corrected chi connectivity index (χ0v) is 35.3. The van der Waals surface area contributed by atoms with E-state index in [1.165, 1.54) is 11.1 Å². The number of benzene rings is 10. The van der Waals surface area contributed by atoms with Crippen LogP contribution in [0.4, 0.5) is 51.2 Å². The minimum atomic E-state index is 0.769. The molecule has 0 unspecified atom stereocenters. The number of fused-ring (bicyclic) bond motifs is 6. The van der Waals surface area contributed by atoms with E-state index in [4.69, 9.17) is 8.83 Å². The maximum atomic E-state index is 7.01. The Labute approximate surface area is 376 Å². The fourth-order valence-electron chi connectivity index (χ4n) is 9.22. The molecule has 0 saturated carbocycles. The van der Waals surface area contributed by atoms with E-state index in [0.717, 1.165) is 95.1 Å². The third-order valence-electron chi connectivity index (χ3n) is 12.2. The highest BCUT2D eigenvalue weighted by molar-refractivity contribution is 6.16. The summed E-state index contributed by atoms with van der Waals surface area (Å²) in [7, 11) is 0. The summed E-state index contributed by atoms with van der Waals surface area (Å²) >= 11 is 0. The van der Waals surface area contributed by atoms with Gasteiger partial charge in [0.05, 0.1) is 16.8 Å². The van der Waals surface area contributed by atoms with Gasteiger partial charge in [0, 0.05) is 68.1 Å². The molecule has 0 atom stereocenters. The highest BCUT2D eigenvalue weighted by atomic mass is 16.3. The fourth-order valence-corrected chi connectivity index (χ4v) is 9.22. The summed E-state index contributed by atoms with van der Waals surface area (Å²) in [4.78, 5) is 6.95. The number of hydrogen-bond donors (Lipinski definition) is 0. The van der Waals surface area contributed by atoms with Crippen molar-refractivity contribution in [1.82, 2.24) is 0 Å². The van der Waals surface area contributed by atoms with Crippen LogP contribution >= 0.6 is 0 Å². The van der Waals surface area contributed by atoms with E-state index in [0.29, 0.717) is 0 Å². The SMILES string of the molecule is c1ccc(-c2ccc(N(c3ccccc3)c3ccc4oc5cc(N(c6ccccc6)c6ccc7c(c6)oc6ccccc67)cc(N(c6ccccc6)c6ccccc6)c5c4c3)cc2)cc1. The first-order valence-electron chi connectivity index (χ1n) is 21.9. The monoisotopic (exact) mass is 835 g/mol. The molecule has 0 amide bonds. The summed E-state index contributed by atoms with van der Waals surface area (Å²) < 4.78 is 13.5. The Morgan fingerprint density at radius 3 is 1.28 bits per heavy atom. The van der Waals surface area contributed by atoms with Crippen molar-refractivity contribution in [2.45, 2.75) is 0 Å². The maximum Gasteiger partial charge on any atom is 0.139 e. The van der Waals surface area contributed by atoms with Gasteiger partial charge >= 0.3 is 0 Å². The number of rotatable bonds is 10. The molecule has 5 heteroatoms. The summed E-state index contributed by atoms with van der Waals surface area (Å²) in [6, 6.07) is 87.3. The maximum absolute atomic E-state index is 7.01. The van der Waals surface area contributed by atoms with E-state index in [9.17, 15) is 0 Å². The molecule has 0 aliphatic heterocycles. The van der Waals surface area contributed by atoms with E-state index >= 15 is 0 Å². The summed E-state index contributed by atoms with van der Waals surface area (Å²) in [5, 5.41) is 4.19. The zero-order chi connectivity index (χ0) is 43.1. The number of hydrogen-bond acceptors (Lipinski definition) is 5. The lowest BCUT2D eigenvalue weighted by Gasteiger charge is -2.30. The van der Waals surface area contributed by atoms with Crippen molar-refractivity contribution < 1.29 is 8.83 Å². The molecule has 65 heavy (non-hydrogen) atoms. The molecular formula is C60H41N3O2. The van der Waals surface area contributed by atoms with Crippen molar-refractivity contribution in [2.24, 2.45) is 0 Å². The average Bonchev–Trinajstić information content (AvgIpc) is 3.94. The van der Waals surface area contributed by atoms with Gasteiger partial charge in [-0.05, 0) is 114 Å². The highest BCUT2D eigenvalue weighted by Gasteiger charge is 2.25. The third kappa shape index (κ3) is 6.93. The van der Waals surface area contributed by atoms with Gasteiger partial charge in [-0.25, -0.2) is 0 Å². The van der Waals surface area contributed by atoms with E-state index in [2.05, 4.69) is 251 Å². The first kappa shape index (κ1) is 37.9. The molecule has 0 saturated heterocycles. The second-order valence-electron chi connectivity index (χ2n) is 16.2. The minimum absolute atomic E-state index is 0.769. The molecule has 0 fully saturated rings. The smallest absolute Gasteiger partial charge is 0.139 e. The van der Waals surface area contributed by atoms with Crippen LogP contribution in [-0.2, 0) is 0 Å².